The predicted octanol–water partition coefficient (Wildman–Crippen LogP) is 9.37. The molecule has 0 spiro atoms. The molecule has 42 heavy (non-hydrogen) atoms. The lowest BCUT2D eigenvalue weighted by atomic mass is 9.82. The standard InChI is InChI=1S/C24H16N2.C15H13N/c25-23-14-22(19-11-5-6-12-20(19)24(23)26)21-13-15-7-1-2-8-16(15)17-9-3-4-10-18(17)21;16-15-13-8-3-1-2-6-11(13)10-12-7-4-5-9-14(12)15/h1-14,25-26H;1-7,9-10H,8,16H2. The first kappa shape index (κ1) is 25.4. The molecular weight excluding hydrogens is 510 g/mol. The van der Waals surface area contributed by atoms with Crippen LogP contribution < -0.4 is 5.73 Å². The Kier molecular flexibility index (Phi) is 6.33. The zero-order valence-electron chi connectivity index (χ0n) is 23.1. The predicted molar refractivity (Wildman–Crippen MR) is 180 cm³/mol. The van der Waals surface area contributed by atoms with Crippen molar-refractivity contribution in [3.63, 3.8) is 0 Å². The van der Waals surface area contributed by atoms with Crippen molar-refractivity contribution in [2.24, 2.45) is 0 Å². The highest BCUT2D eigenvalue weighted by molar-refractivity contribution is 6.53. The Balaban J connectivity index is 0.000000154. The van der Waals surface area contributed by atoms with E-state index in [1.165, 1.54) is 38.1 Å². The number of benzene rings is 6. The van der Waals surface area contributed by atoms with Crippen LogP contribution in [0, 0.1) is 10.8 Å². The van der Waals surface area contributed by atoms with Gasteiger partial charge in [0.15, 0.2) is 0 Å². The summed E-state index contributed by atoms with van der Waals surface area (Å²) in [6.45, 7) is 0. The van der Waals surface area contributed by atoms with Crippen LogP contribution in [0.4, 0.5) is 5.69 Å². The maximum absolute atomic E-state index is 8.28. The van der Waals surface area contributed by atoms with E-state index in [-0.39, 0.29) is 11.4 Å². The number of nitrogen functional groups attached to an aromatic ring is 1. The summed E-state index contributed by atoms with van der Waals surface area (Å²) in [7, 11) is 0. The second-order valence-corrected chi connectivity index (χ2v) is 10.7. The first-order valence-corrected chi connectivity index (χ1v) is 14.1. The molecule has 0 amide bonds. The number of hydrogen-bond donors (Lipinski definition) is 3. The van der Waals surface area contributed by atoms with E-state index in [9.17, 15) is 0 Å². The summed E-state index contributed by atoms with van der Waals surface area (Å²) in [5.74, 6) is 0. The maximum atomic E-state index is 8.28. The molecule has 2 aliphatic carbocycles. The molecule has 200 valence electrons. The van der Waals surface area contributed by atoms with Gasteiger partial charge in [-0.05, 0) is 79.4 Å². The first-order chi connectivity index (χ1) is 20.6. The smallest absolute Gasteiger partial charge is 0.0867 e. The van der Waals surface area contributed by atoms with Gasteiger partial charge in [0.05, 0.1) is 11.4 Å². The van der Waals surface area contributed by atoms with Crippen LogP contribution in [0.5, 0.6) is 0 Å². The van der Waals surface area contributed by atoms with Crippen molar-refractivity contribution in [1.29, 1.82) is 10.8 Å². The number of nitrogens with one attached hydrogen (secondary N) is 2. The van der Waals surface area contributed by atoms with Gasteiger partial charge in [-0.3, -0.25) is 10.8 Å². The molecular formula is C39H29N3. The van der Waals surface area contributed by atoms with E-state index in [0.717, 1.165) is 39.8 Å². The molecule has 4 N–H and O–H groups in total. The molecule has 0 bridgehead atoms. The molecule has 6 aromatic rings. The van der Waals surface area contributed by atoms with Crippen molar-refractivity contribution in [3.8, 4) is 0 Å². The average Bonchev–Trinajstić information content (AvgIpc) is 3.29. The van der Waals surface area contributed by atoms with Crippen LogP contribution in [0.15, 0.2) is 133 Å². The van der Waals surface area contributed by atoms with Gasteiger partial charge in [-0.15, -0.1) is 0 Å². The lowest BCUT2D eigenvalue weighted by Gasteiger charge is -2.21. The van der Waals surface area contributed by atoms with Gasteiger partial charge in [-0.2, -0.15) is 0 Å². The minimum atomic E-state index is 0.260. The van der Waals surface area contributed by atoms with Crippen LogP contribution in [-0.4, -0.2) is 11.4 Å². The summed E-state index contributed by atoms with van der Waals surface area (Å²) >= 11 is 0. The SMILES string of the molecule is N=C1C=C(c2cc3ccccc3c3ccccc23)c2ccccc2C1=N.Nc1c2c(cc3ccccc13)C=CC=CC2. The number of rotatable bonds is 1. The monoisotopic (exact) mass is 539 g/mol. The van der Waals surface area contributed by atoms with Crippen molar-refractivity contribution >= 4 is 61.1 Å². The molecule has 0 aromatic heterocycles. The minimum absolute atomic E-state index is 0.260. The van der Waals surface area contributed by atoms with Crippen molar-refractivity contribution in [2.45, 2.75) is 6.42 Å². The molecule has 0 unspecified atom stereocenters. The fourth-order valence-corrected chi connectivity index (χ4v) is 6.12. The number of allylic oxidation sites excluding steroid dienone is 4. The van der Waals surface area contributed by atoms with Gasteiger partial charge < -0.3 is 5.73 Å². The number of hydrogen-bond acceptors (Lipinski definition) is 3. The summed E-state index contributed by atoms with van der Waals surface area (Å²) in [4.78, 5) is 0. The number of nitrogens with two attached hydrogens (primary N) is 1. The van der Waals surface area contributed by atoms with Gasteiger partial charge in [0.25, 0.3) is 0 Å². The number of fused-ring (bicyclic) bond motifs is 6. The Morgan fingerprint density at radius 2 is 1.19 bits per heavy atom. The van der Waals surface area contributed by atoms with Crippen LogP contribution >= 0.6 is 0 Å². The van der Waals surface area contributed by atoms with Crippen LogP contribution in [0.25, 0.3) is 44.0 Å². The van der Waals surface area contributed by atoms with Gasteiger partial charge in [0.1, 0.15) is 0 Å². The molecule has 2 aliphatic rings. The lowest BCUT2D eigenvalue weighted by molar-refractivity contribution is 1.28. The molecule has 0 heterocycles. The van der Waals surface area contributed by atoms with Gasteiger partial charge >= 0.3 is 0 Å². The van der Waals surface area contributed by atoms with Crippen molar-refractivity contribution in [1.82, 2.24) is 0 Å². The lowest BCUT2D eigenvalue weighted by Crippen LogP contribution is -2.18. The molecule has 8 rings (SSSR count). The van der Waals surface area contributed by atoms with E-state index in [1.54, 1.807) is 0 Å². The minimum Gasteiger partial charge on any atom is -0.398 e. The molecule has 0 saturated carbocycles. The second-order valence-electron chi connectivity index (χ2n) is 10.7. The maximum Gasteiger partial charge on any atom is 0.0867 e. The number of anilines is 1. The van der Waals surface area contributed by atoms with Crippen molar-refractivity contribution < 1.29 is 0 Å². The van der Waals surface area contributed by atoms with E-state index in [1.807, 2.05) is 42.5 Å². The van der Waals surface area contributed by atoms with E-state index in [0.29, 0.717) is 0 Å². The highest BCUT2D eigenvalue weighted by Gasteiger charge is 2.22. The fraction of sp³-hybridized carbons (Fsp3) is 0.0256. The highest BCUT2D eigenvalue weighted by atomic mass is 14.6. The quantitative estimate of drug-likeness (QED) is 0.141. The molecule has 0 atom stereocenters. The van der Waals surface area contributed by atoms with E-state index in [2.05, 4.69) is 97.1 Å². The summed E-state index contributed by atoms with van der Waals surface area (Å²) in [5, 5.41) is 23.7. The largest absolute Gasteiger partial charge is 0.398 e. The van der Waals surface area contributed by atoms with E-state index in [4.69, 9.17) is 16.6 Å². The highest BCUT2D eigenvalue weighted by Crippen LogP contribution is 2.38. The van der Waals surface area contributed by atoms with Crippen LogP contribution in [0.2, 0.25) is 0 Å². The first-order valence-electron chi connectivity index (χ1n) is 14.1. The van der Waals surface area contributed by atoms with Crippen LogP contribution in [0.3, 0.4) is 0 Å². The third-order valence-electron chi connectivity index (χ3n) is 8.18. The van der Waals surface area contributed by atoms with E-state index >= 15 is 0 Å². The normalized spacial score (nSPS) is 13.8. The second kappa shape index (κ2) is 10.5. The molecule has 3 nitrogen and oxygen atoms in total. The summed E-state index contributed by atoms with van der Waals surface area (Å²) in [5.41, 5.74) is 14.2. The Bertz CT molecular complexity index is 2160. The van der Waals surface area contributed by atoms with Gasteiger partial charge in [-0.1, -0.05) is 121 Å². The topological polar surface area (TPSA) is 73.7 Å². The van der Waals surface area contributed by atoms with Gasteiger partial charge in [0, 0.05) is 16.6 Å². The molecule has 0 fully saturated rings. The van der Waals surface area contributed by atoms with E-state index < -0.39 is 0 Å². The molecule has 6 aromatic carbocycles. The Morgan fingerprint density at radius 1 is 0.571 bits per heavy atom. The fourth-order valence-electron chi connectivity index (χ4n) is 6.12. The molecule has 0 aliphatic heterocycles. The third-order valence-corrected chi connectivity index (χ3v) is 8.18. The molecule has 0 radical (unpaired) electrons. The van der Waals surface area contributed by atoms with Crippen molar-refractivity contribution in [2.75, 3.05) is 5.73 Å². The van der Waals surface area contributed by atoms with Gasteiger partial charge in [-0.25, -0.2) is 0 Å². The van der Waals surface area contributed by atoms with Crippen LogP contribution in [0.1, 0.15) is 27.8 Å². The summed E-state index contributed by atoms with van der Waals surface area (Å²) in [6, 6.07) is 37.5. The van der Waals surface area contributed by atoms with Gasteiger partial charge in [0.2, 0.25) is 0 Å². The zero-order chi connectivity index (χ0) is 28.6. The zero-order valence-corrected chi connectivity index (χ0v) is 23.1. The third kappa shape index (κ3) is 4.32. The molecule has 3 heteroatoms. The van der Waals surface area contributed by atoms with Crippen molar-refractivity contribution in [3.05, 3.63) is 161 Å². The summed E-state index contributed by atoms with van der Waals surface area (Å²) in [6.07, 6.45) is 11.2. The average molecular weight is 540 g/mol. The Labute approximate surface area is 245 Å². The molecule has 0 saturated heterocycles. The summed E-state index contributed by atoms with van der Waals surface area (Å²) < 4.78 is 0. The van der Waals surface area contributed by atoms with Crippen LogP contribution in [-0.2, 0) is 6.42 Å². The Hall–Kier alpha value is -5.54. The Morgan fingerprint density at radius 3 is 1.98 bits per heavy atom.